The Kier molecular flexibility index (Phi) is 5.80. The Morgan fingerprint density at radius 1 is 0.968 bits per heavy atom. The van der Waals surface area contributed by atoms with Crippen LogP contribution < -0.4 is 5.32 Å². The van der Waals surface area contributed by atoms with E-state index >= 15 is 0 Å². The fourth-order valence-electron chi connectivity index (χ4n) is 3.38. The van der Waals surface area contributed by atoms with Crippen molar-refractivity contribution in [2.45, 2.75) is 11.4 Å². The van der Waals surface area contributed by atoms with Crippen LogP contribution in [0.15, 0.2) is 83.9 Å². The van der Waals surface area contributed by atoms with Gasteiger partial charge in [0.25, 0.3) is 0 Å². The van der Waals surface area contributed by atoms with Crippen LogP contribution in [0.5, 0.6) is 0 Å². The van der Waals surface area contributed by atoms with Gasteiger partial charge in [-0.1, -0.05) is 54.1 Å². The Morgan fingerprint density at radius 2 is 1.65 bits per heavy atom. The number of para-hydroxylation sites is 2. The first-order valence-electron chi connectivity index (χ1n) is 9.43. The van der Waals surface area contributed by atoms with Crippen LogP contribution in [0.3, 0.4) is 0 Å². The van der Waals surface area contributed by atoms with Crippen molar-refractivity contribution in [3.05, 3.63) is 95.4 Å². The number of anilines is 1. The molecule has 158 valence electrons. The average molecular weight is 457 g/mol. The quantitative estimate of drug-likeness (QED) is 0.449. The molecule has 5 nitrogen and oxygen atoms in total. The third-order valence-corrected chi connectivity index (χ3v) is 6.71. The van der Waals surface area contributed by atoms with Crippen molar-refractivity contribution in [2.24, 2.45) is 0 Å². The summed E-state index contributed by atoms with van der Waals surface area (Å²) in [5.74, 6) is -2.23. The Hall–Kier alpha value is -3.16. The van der Waals surface area contributed by atoms with Crippen LogP contribution in [-0.2, 0) is 21.2 Å². The van der Waals surface area contributed by atoms with E-state index in [1.54, 1.807) is 30.3 Å². The van der Waals surface area contributed by atoms with Crippen LogP contribution in [0.4, 0.5) is 10.1 Å². The van der Waals surface area contributed by atoms with Gasteiger partial charge < -0.3 is 9.88 Å². The summed E-state index contributed by atoms with van der Waals surface area (Å²) in [6.45, 7) is 0.439. The minimum atomic E-state index is -3.97. The lowest BCUT2D eigenvalue weighted by Crippen LogP contribution is -2.23. The average Bonchev–Trinajstić information content (AvgIpc) is 3.11. The number of nitrogens with zero attached hydrogens (tertiary/aromatic N) is 1. The number of sulfone groups is 1. The number of benzene rings is 3. The van der Waals surface area contributed by atoms with E-state index in [1.165, 1.54) is 24.4 Å². The number of hydrogen-bond acceptors (Lipinski definition) is 3. The van der Waals surface area contributed by atoms with Gasteiger partial charge in [0.2, 0.25) is 5.91 Å². The molecule has 0 saturated carbocycles. The maximum absolute atomic E-state index is 13.8. The second-order valence-electron chi connectivity index (χ2n) is 7.05. The standard InChI is InChI=1S/C23H18ClFN2O3S/c24-17-11-9-16(10-12-17)13-27-14-22(18-5-1-4-8-21(18)27)31(29,30)15-23(28)26-20-7-3-2-6-19(20)25/h1-12,14H,13,15H2,(H,26,28). The van der Waals surface area contributed by atoms with Crippen molar-refractivity contribution >= 4 is 43.9 Å². The third kappa shape index (κ3) is 4.62. The van der Waals surface area contributed by atoms with Crippen molar-refractivity contribution in [1.82, 2.24) is 4.57 Å². The van der Waals surface area contributed by atoms with E-state index in [2.05, 4.69) is 5.32 Å². The molecule has 0 aliphatic rings. The van der Waals surface area contributed by atoms with Gasteiger partial charge >= 0.3 is 0 Å². The summed E-state index contributed by atoms with van der Waals surface area (Å²) in [5.41, 5.74) is 1.62. The van der Waals surface area contributed by atoms with Gasteiger partial charge in [-0.15, -0.1) is 0 Å². The van der Waals surface area contributed by atoms with Gasteiger partial charge in [0.15, 0.2) is 9.84 Å². The molecule has 4 rings (SSSR count). The summed E-state index contributed by atoms with van der Waals surface area (Å²) in [6, 6.07) is 20.0. The molecule has 0 atom stereocenters. The molecule has 31 heavy (non-hydrogen) atoms. The highest BCUT2D eigenvalue weighted by atomic mass is 35.5. The SMILES string of the molecule is O=C(CS(=O)(=O)c1cn(Cc2ccc(Cl)cc2)c2ccccc12)Nc1ccccc1F. The van der Waals surface area contributed by atoms with Gasteiger partial charge in [0.1, 0.15) is 11.6 Å². The summed E-state index contributed by atoms with van der Waals surface area (Å²) in [4.78, 5) is 12.4. The van der Waals surface area contributed by atoms with Crippen molar-refractivity contribution in [1.29, 1.82) is 0 Å². The summed E-state index contributed by atoms with van der Waals surface area (Å²) in [6.07, 6.45) is 1.53. The number of amides is 1. The predicted octanol–water partition coefficient (Wildman–Crippen LogP) is 4.89. The number of rotatable bonds is 6. The van der Waals surface area contributed by atoms with E-state index in [0.717, 1.165) is 11.1 Å². The van der Waals surface area contributed by atoms with Crippen molar-refractivity contribution in [3.8, 4) is 0 Å². The maximum Gasteiger partial charge on any atom is 0.240 e. The zero-order valence-electron chi connectivity index (χ0n) is 16.3. The molecule has 3 aromatic carbocycles. The van der Waals surface area contributed by atoms with E-state index < -0.39 is 27.3 Å². The maximum atomic E-state index is 13.8. The van der Waals surface area contributed by atoms with Crippen LogP contribution in [0, 0.1) is 5.82 Å². The number of hydrogen-bond donors (Lipinski definition) is 1. The first-order chi connectivity index (χ1) is 14.8. The van der Waals surface area contributed by atoms with E-state index in [4.69, 9.17) is 11.6 Å². The highest BCUT2D eigenvalue weighted by Crippen LogP contribution is 2.27. The molecule has 0 aliphatic carbocycles. The number of carbonyl (C=O) groups is 1. The van der Waals surface area contributed by atoms with Gasteiger partial charge in [0, 0.05) is 28.7 Å². The highest BCUT2D eigenvalue weighted by Gasteiger charge is 2.25. The molecule has 0 radical (unpaired) electrons. The van der Waals surface area contributed by atoms with Crippen LogP contribution >= 0.6 is 11.6 Å². The zero-order valence-corrected chi connectivity index (χ0v) is 17.8. The first kappa shape index (κ1) is 21.1. The van der Waals surface area contributed by atoms with E-state index in [9.17, 15) is 17.6 Å². The molecule has 0 fully saturated rings. The zero-order chi connectivity index (χ0) is 22.0. The molecule has 0 spiro atoms. The molecule has 1 N–H and O–H groups in total. The predicted molar refractivity (Wildman–Crippen MR) is 120 cm³/mol. The van der Waals surface area contributed by atoms with Gasteiger partial charge in [0.05, 0.1) is 10.6 Å². The van der Waals surface area contributed by atoms with Crippen LogP contribution in [-0.4, -0.2) is 24.6 Å². The largest absolute Gasteiger partial charge is 0.342 e. The lowest BCUT2D eigenvalue weighted by Gasteiger charge is -2.07. The summed E-state index contributed by atoms with van der Waals surface area (Å²) < 4.78 is 41.7. The Balaban J connectivity index is 1.64. The lowest BCUT2D eigenvalue weighted by atomic mass is 10.2. The summed E-state index contributed by atoms with van der Waals surface area (Å²) in [5, 5.41) is 3.46. The molecule has 0 aliphatic heterocycles. The number of aromatic nitrogens is 1. The number of fused-ring (bicyclic) bond motifs is 1. The monoisotopic (exact) mass is 456 g/mol. The molecule has 0 saturated heterocycles. The molecule has 4 aromatic rings. The van der Waals surface area contributed by atoms with Gasteiger partial charge in [-0.25, -0.2) is 12.8 Å². The van der Waals surface area contributed by atoms with Gasteiger partial charge in [-0.05, 0) is 35.9 Å². The molecule has 1 heterocycles. The molecule has 0 unspecified atom stereocenters. The molecule has 8 heteroatoms. The first-order valence-corrected chi connectivity index (χ1v) is 11.5. The normalized spacial score (nSPS) is 11.5. The fraction of sp³-hybridized carbons (Fsp3) is 0.0870. The summed E-state index contributed by atoms with van der Waals surface area (Å²) in [7, 11) is -3.97. The van der Waals surface area contributed by atoms with Crippen LogP contribution in [0.1, 0.15) is 5.56 Å². The highest BCUT2D eigenvalue weighted by molar-refractivity contribution is 7.92. The molecule has 1 amide bonds. The van der Waals surface area contributed by atoms with Gasteiger partial charge in [-0.3, -0.25) is 4.79 Å². The number of nitrogens with one attached hydrogen (secondary N) is 1. The molecule has 1 aromatic heterocycles. The van der Waals surface area contributed by atoms with E-state index in [1.807, 2.05) is 28.8 Å². The summed E-state index contributed by atoms with van der Waals surface area (Å²) >= 11 is 5.94. The Morgan fingerprint density at radius 3 is 2.39 bits per heavy atom. The van der Waals surface area contributed by atoms with Crippen LogP contribution in [0.25, 0.3) is 10.9 Å². The Bertz CT molecular complexity index is 1370. The minimum absolute atomic E-state index is 0.0562. The smallest absolute Gasteiger partial charge is 0.240 e. The number of carbonyl (C=O) groups excluding carboxylic acids is 1. The van der Waals surface area contributed by atoms with Crippen molar-refractivity contribution in [3.63, 3.8) is 0 Å². The molecular formula is C23H18ClFN2O3S. The fourth-order valence-corrected chi connectivity index (χ4v) is 4.87. The lowest BCUT2D eigenvalue weighted by molar-refractivity contribution is -0.113. The number of halogens is 2. The molecular weight excluding hydrogens is 439 g/mol. The topological polar surface area (TPSA) is 68.2 Å². The minimum Gasteiger partial charge on any atom is -0.342 e. The second kappa shape index (κ2) is 8.53. The molecule has 0 bridgehead atoms. The Labute approximate surface area is 184 Å². The van der Waals surface area contributed by atoms with Crippen LogP contribution in [0.2, 0.25) is 5.02 Å². The van der Waals surface area contributed by atoms with E-state index in [0.29, 0.717) is 17.0 Å². The van der Waals surface area contributed by atoms with E-state index in [-0.39, 0.29) is 10.6 Å². The third-order valence-electron chi connectivity index (χ3n) is 4.82. The van der Waals surface area contributed by atoms with Crippen molar-refractivity contribution < 1.29 is 17.6 Å². The van der Waals surface area contributed by atoms with Crippen molar-refractivity contribution in [2.75, 3.05) is 11.1 Å². The second-order valence-corrected chi connectivity index (χ2v) is 9.45. The van der Waals surface area contributed by atoms with Gasteiger partial charge in [-0.2, -0.15) is 0 Å².